The molecule has 0 N–H and O–H groups in total. The molecular formula is C12H15N2S2. The molecule has 0 aliphatic rings. The first-order valence-electron chi connectivity index (χ1n) is 5.66. The average molecular weight is 251 g/mol. The third-order valence-electron chi connectivity index (χ3n) is 2.45. The van der Waals surface area contributed by atoms with Crippen LogP contribution in [0.2, 0.25) is 0 Å². The van der Waals surface area contributed by atoms with E-state index in [0.29, 0.717) is 0 Å². The van der Waals surface area contributed by atoms with Crippen LogP contribution >= 0.6 is 22.7 Å². The maximum Gasteiger partial charge on any atom is 0.152 e. The summed E-state index contributed by atoms with van der Waals surface area (Å²) in [4.78, 5) is 8.74. The minimum Gasteiger partial charge on any atom is -0.240 e. The summed E-state index contributed by atoms with van der Waals surface area (Å²) in [7, 11) is 0. The highest BCUT2D eigenvalue weighted by Gasteiger charge is 2.05. The van der Waals surface area contributed by atoms with Gasteiger partial charge in [0.25, 0.3) is 0 Å². The Bertz CT molecular complexity index is 406. The zero-order valence-corrected chi connectivity index (χ0v) is 11.0. The summed E-state index contributed by atoms with van der Waals surface area (Å²) in [6.07, 6.45) is 6.30. The molecule has 85 valence electrons. The van der Waals surface area contributed by atoms with Crippen molar-refractivity contribution < 1.29 is 0 Å². The summed E-state index contributed by atoms with van der Waals surface area (Å²) in [5.74, 6) is 0. The highest BCUT2D eigenvalue weighted by molar-refractivity contribution is 7.10. The molecule has 0 spiro atoms. The first-order valence-corrected chi connectivity index (χ1v) is 7.42. The van der Waals surface area contributed by atoms with Gasteiger partial charge in [-0.15, -0.1) is 22.7 Å². The Morgan fingerprint density at radius 1 is 1.19 bits per heavy atom. The second-order valence-corrected chi connectivity index (χ2v) is 5.36. The van der Waals surface area contributed by atoms with Crippen molar-refractivity contribution in [3.8, 4) is 11.4 Å². The number of aryl methyl sites for hydroxylation is 1. The molecule has 0 aliphatic carbocycles. The van der Waals surface area contributed by atoms with Crippen LogP contribution in [0.1, 0.15) is 37.6 Å². The molecule has 0 saturated carbocycles. The van der Waals surface area contributed by atoms with E-state index in [1.54, 1.807) is 11.3 Å². The van der Waals surface area contributed by atoms with Gasteiger partial charge in [-0.05, 0) is 12.8 Å². The molecule has 2 rings (SSSR count). The van der Waals surface area contributed by atoms with Gasteiger partial charge in [-0.1, -0.05) is 26.2 Å². The van der Waals surface area contributed by atoms with Gasteiger partial charge >= 0.3 is 0 Å². The van der Waals surface area contributed by atoms with Gasteiger partial charge in [0.2, 0.25) is 0 Å². The minimum atomic E-state index is 0.959. The van der Waals surface area contributed by atoms with E-state index in [4.69, 9.17) is 0 Å². The molecule has 0 amide bonds. The van der Waals surface area contributed by atoms with Crippen molar-refractivity contribution in [3.63, 3.8) is 0 Å². The molecule has 4 heteroatoms. The van der Waals surface area contributed by atoms with Crippen molar-refractivity contribution in [2.24, 2.45) is 0 Å². The fourth-order valence-electron chi connectivity index (χ4n) is 1.55. The van der Waals surface area contributed by atoms with Crippen molar-refractivity contribution >= 4 is 22.7 Å². The lowest BCUT2D eigenvalue weighted by Crippen LogP contribution is -1.85. The Morgan fingerprint density at radius 3 is 2.88 bits per heavy atom. The minimum absolute atomic E-state index is 0.959. The summed E-state index contributed by atoms with van der Waals surface area (Å²) in [6, 6.07) is 0. The maximum absolute atomic E-state index is 4.59. The number of unbranched alkanes of at least 4 members (excludes halogenated alkanes) is 3. The summed E-state index contributed by atoms with van der Waals surface area (Å²) in [5, 5.41) is 5.33. The fourth-order valence-corrected chi connectivity index (χ4v) is 2.87. The lowest BCUT2D eigenvalue weighted by atomic mass is 10.2. The lowest BCUT2D eigenvalue weighted by Gasteiger charge is -1.95. The van der Waals surface area contributed by atoms with E-state index in [9.17, 15) is 0 Å². The van der Waals surface area contributed by atoms with Crippen molar-refractivity contribution in [1.29, 1.82) is 0 Å². The first-order chi connectivity index (χ1) is 7.90. The van der Waals surface area contributed by atoms with Gasteiger partial charge in [0.15, 0.2) is 5.51 Å². The molecule has 1 radical (unpaired) electrons. The predicted octanol–water partition coefficient (Wildman–Crippen LogP) is 4.19. The molecule has 0 aliphatic heterocycles. The first kappa shape index (κ1) is 11.7. The number of rotatable bonds is 6. The summed E-state index contributed by atoms with van der Waals surface area (Å²) in [6.45, 7) is 2.24. The van der Waals surface area contributed by atoms with Gasteiger partial charge in [-0.3, -0.25) is 0 Å². The van der Waals surface area contributed by atoms with Gasteiger partial charge < -0.3 is 0 Å². The van der Waals surface area contributed by atoms with Crippen molar-refractivity contribution in [1.82, 2.24) is 9.97 Å². The second-order valence-electron chi connectivity index (χ2n) is 3.76. The highest BCUT2D eigenvalue weighted by Crippen LogP contribution is 2.22. The molecule has 0 saturated heterocycles. The Balaban J connectivity index is 1.88. The van der Waals surface area contributed by atoms with E-state index < -0.39 is 0 Å². The Hall–Kier alpha value is -0.740. The van der Waals surface area contributed by atoms with Crippen LogP contribution in [0.4, 0.5) is 0 Å². The quantitative estimate of drug-likeness (QED) is 0.719. The SMILES string of the molecule is CCCCCCc1nc(-c2cs[c]n2)cs1. The smallest absolute Gasteiger partial charge is 0.152 e. The monoisotopic (exact) mass is 251 g/mol. The normalized spacial score (nSPS) is 10.8. The van der Waals surface area contributed by atoms with E-state index >= 15 is 0 Å². The van der Waals surface area contributed by atoms with Crippen LogP contribution in [-0.2, 0) is 6.42 Å². The maximum atomic E-state index is 4.59. The number of aromatic nitrogens is 2. The molecule has 0 aromatic carbocycles. The van der Waals surface area contributed by atoms with E-state index in [-0.39, 0.29) is 0 Å². The van der Waals surface area contributed by atoms with Crippen LogP contribution in [-0.4, -0.2) is 9.97 Å². The van der Waals surface area contributed by atoms with Crippen LogP contribution in [0.15, 0.2) is 10.8 Å². The van der Waals surface area contributed by atoms with Gasteiger partial charge in [-0.2, -0.15) is 0 Å². The lowest BCUT2D eigenvalue weighted by molar-refractivity contribution is 0.665. The average Bonchev–Trinajstić information content (AvgIpc) is 2.94. The van der Waals surface area contributed by atoms with Crippen LogP contribution in [0.5, 0.6) is 0 Å². The Kier molecular flexibility index (Phi) is 4.48. The predicted molar refractivity (Wildman–Crippen MR) is 69.9 cm³/mol. The number of thiazole rings is 2. The van der Waals surface area contributed by atoms with Gasteiger partial charge in [-0.25, -0.2) is 9.97 Å². The standard InChI is InChI=1S/C12H15N2S2/c1-2-3-4-5-6-12-14-11(8-16-12)10-7-15-9-13-10/h7-8H,2-6H2,1H3. The van der Waals surface area contributed by atoms with E-state index in [0.717, 1.165) is 17.8 Å². The zero-order valence-electron chi connectivity index (χ0n) is 9.40. The highest BCUT2D eigenvalue weighted by atomic mass is 32.1. The molecular weight excluding hydrogens is 236 g/mol. The van der Waals surface area contributed by atoms with Crippen molar-refractivity contribution in [2.75, 3.05) is 0 Å². The molecule has 2 heterocycles. The Labute approximate surface area is 104 Å². The number of nitrogens with zero attached hydrogens (tertiary/aromatic N) is 2. The zero-order chi connectivity index (χ0) is 11.2. The number of hydrogen-bond donors (Lipinski definition) is 0. The van der Waals surface area contributed by atoms with Crippen LogP contribution < -0.4 is 0 Å². The second kappa shape index (κ2) is 6.11. The van der Waals surface area contributed by atoms with Gasteiger partial charge in [0.1, 0.15) is 11.4 Å². The third-order valence-corrected chi connectivity index (χ3v) is 3.89. The summed E-state index contributed by atoms with van der Waals surface area (Å²) in [5.41, 5.74) is 4.82. The molecule has 0 bridgehead atoms. The third kappa shape index (κ3) is 3.12. The van der Waals surface area contributed by atoms with Crippen LogP contribution in [0.25, 0.3) is 11.4 Å². The van der Waals surface area contributed by atoms with E-state index in [1.807, 2.05) is 5.38 Å². The van der Waals surface area contributed by atoms with Crippen LogP contribution in [0.3, 0.4) is 0 Å². The molecule has 2 aromatic rings. The molecule has 0 fully saturated rings. The fraction of sp³-hybridized carbons (Fsp3) is 0.500. The summed E-state index contributed by atoms with van der Waals surface area (Å²) < 4.78 is 0. The Morgan fingerprint density at radius 2 is 2.12 bits per heavy atom. The van der Waals surface area contributed by atoms with Crippen LogP contribution in [0, 0.1) is 5.51 Å². The van der Waals surface area contributed by atoms with Gasteiger partial charge in [0.05, 0.1) is 5.01 Å². The molecule has 16 heavy (non-hydrogen) atoms. The van der Waals surface area contributed by atoms with Gasteiger partial charge in [0, 0.05) is 10.8 Å². The number of hydrogen-bond acceptors (Lipinski definition) is 4. The van der Waals surface area contributed by atoms with E-state index in [2.05, 4.69) is 27.8 Å². The van der Waals surface area contributed by atoms with Crippen molar-refractivity contribution in [2.45, 2.75) is 39.0 Å². The molecule has 2 nitrogen and oxygen atoms in total. The molecule has 0 atom stereocenters. The van der Waals surface area contributed by atoms with E-state index in [1.165, 1.54) is 42.0 Å². The molecule has 0 unspecified atom stereocenters. The molecule has 2 aromatic heterocycles. The van der Waals surface area contributed by atoms with Crippen molar-refractivity contribution in [3.05, 3.63) is 21.3 Å². The topological polar surface area (TPSA) is 25.8 Å². The summed E-state index contributed by atoms with van der Waals surface area (Å²) >= 11 is 3.24. The largest absolute Gasteiger partial charge is 0.240 e.